The molecule has 4 fully saturated rings. The van der Waals surface area contributed by atoms with Crippen molar-refractivity contribution in [2.75, 3.05) is 7.11 Å². The number of carbonyl (C=O) groups excluding carboxylic acids is 2. The van der Waals surface area contributed by atoms with E-state index in [0.717, 1.165) is 35.9 Å². The molecule has 0 radical (unpaired) electrons. The summed E-state index contributed by atoms with van der Waals surface area (Å²) < 4.78 is 5.01. The molecule has 29 heavy (non-hydrogen) atoms. The summed E-state index contributed by atoms with van der Waals surface area (Å²) >= 11 is 0. The molecule has 4 saturated carbocycles. The van der Waals surface area contributed by atoms with E-state index in [1.165, 1.54) is 26.4 Å². The number of nitrogens with one attached hydrogen (secondary N) is 1. The Balaban J connectivity index is 1.35. The van der Waals surface area contributed by atoms with E-state index in [-0.39, 0.29) is 11.3 Å². The molecule has 0 unspecified atom stereocenters. The number of esters is 1. The zero-order chi connectivity index (χ0) is 20.0. The number of benzene rings is 1. The average molecular weight is 392 g/mol. The van der Waals surface area contributed by atoms with E-state index in [1.54, 1.807) is 0 Å². The van der Waals surface area contributed by atoms with Gasteiger partial charge in [0.2, 0.25) is 5.91 Å². The van der Waals surface area contributed by atoms with Gasteiger partial charge < -0.3 is 10.1 Å². The van der Waals surface area contributed by atoms with Crippen molar-refractivity contribution in [3.05, 3.63) is 42.1 Å². The summed E-state index contributed by atoms with van der Waals surface area (Å²) in [6.07, 6.45) is 7.14. The molecular formula is C24H28N2O3. The molecule has 1 heterocycles. The fourth-order valence-corrected chi connectivity index (χ4v) is 6.47. The molecule has 4 bridgehead atoms. The maximum Gasteiger partial charge on any atom is 0.328 e. The van der Waals surface area contributed by atoms with Gasteiger partial charge in [-0.15, -0.1) is 0 Å². The smallest absolute Gasteiger partial charge is 0.328 e. The summed E-state index contributed by atoms with van der Waals surface area (Å²) in [5.41, 5.74) is 1.39. The monoisotopic (exact) mass is 392 g/mol. The van der Waals surface area contributed by atoms with E-state index in [4.69, 9.17) is 4.74 Å². The minimum atomic E-state index is -0.700. The van der Waals surface area contributed by atoms with Gasteiger partial charge in [0.1, 0.15) is 6.04 Å². The van der Waals surface area contributed by atoms with Gasteiger partial charge in [-0.2, -0.15) is 0 Å². The highest BCUT2D eigenvalue weighted by atomic mass is 16.5. The first-order valence-corrected chi connectivity index (χ1v) is 10.8. The number of pyridine rings is 1. The number of fused-ring (bicyclic) bond motifs is 1. The third-order valence-electron chi connectivity index (χ3n) is 7.38. The molecule has 5 nitrogen and oxygen atoms in total. The molecule has 5 heteroatoms. The predicted molar refractivity (Wildman–Crippen MR) is 110 cm³/mol. The molecule has 0 spiro atoms. The van der Waals surface area contributed by atoms with Gasteiger partial charge in [0.05, 0.1) is 12.6 Å². The molecule has 1 aromatic heterocycles. The minimum Gasteiger partial charge on any atom is -0.467 e. The van der Waals surface area contributed by atoms with E-state index >= 15 is 0 Å². The second-order valence-electron chi connectivity index (χ2n) is 9.45. The van der Waals surface area contributed by atoms with E-state index in [1.807, 2.05) is 36.4 Å². The van der Waals surface area contributed by atoms with Crippen molar-refractivity contribution in [3.8, 4) is 0 Å². The van der Waals surface area contributed by atoms with Gasteiger partial charge in [-0.05, 0) is 68.4 Å². The summed E-state index contributed by atoms with van der Waals surface area (Å²) in [5, 5.41) is 4.13. The Labute approximate surface area is 171 Å². The number of rotatable bonds is 5. The van der Waals surface area contributed by atoms with Crippen molar-refractivity contribution in [1.82, 2.24) is 10.3 Å². The van der Waals surface area contributed by atoms with Crippen molar-refractivity contribution < 1.29 is 14.3 Å². The van der Waals surface area contributed by atoms with Crippen LogP contribution < -0.4 is 5.32 Å². The Hall–Kier alpha value is -2.43. The van der Waals surface area contributed by atoms with Crippen LogP contribution in [0.4, 0.5) is 0 Å². The molecule has 152 valence electrons. The van der Waals surface area contributed by atoms with Gasteiger partial charge >= 0.3 is 5.97 Å². The molecule has 0 saturated heterocycles. The van der Waals surface area contributed by atoms with Crippen LogP contribution in [0.2, 0.25) is 0 Å². The van der Waals surface area contributed by atoms with Crippen LogP contribution in [0.15, 0.2) is 36.4 Å². The second-order valence-corrected chi connectivity index (χ2v) is 9.45. The van der Waals surface area contributed by atoms with Crippen LogP contribution in [0, 0.1) is 23.2 Å². The normalized spacial score (nSPS) is 30.9. The summed E-state index contributed by atoms with van der Waals surface area (Å²) in [6, 6.07) is 11.1. The Kier molecular flexibility index (Phi) is 4.56. The molecule has 1 amide bonds. The first kappa shape index (κ1) is 18.6. The van der Waals surface area contributed by atoms with Crippen LogP contribution in [0.25, 0.3) is 10.9 Å². The van der Waals surface area contributed by atoms with Crippen molar-refractivity contribution in [1.29, 1.82) is 0 Å². The lowest BCUT2D eigenvalue weighted by Gasteiger charge is -2.55. The van der Waals surface area contributed by atoms with Crippen LogP contribution in [0.1, 0.15) is 44.2 Å². The van der Waals surface area contributed by atoms with Crippen LogP contribution >= 0.6 is 0 Å². The Morgan fingerprint density at radius 3 is 2.38 bits per heavy atom. The Bertz CT molecular complexity index is 919. The summed E-state index contributed by atoms with van der Waals surface area (Å²) in [5.74, 6) is 1.70. The highest BCUT2D eigenvalue weighted by molar-refractivity contribution is 5.88. The van der Waals surface area contributed by atoms with E-state index in [2.05, 4.69) is 10.3 Å². The van der Waals surface area contributed by atoms with Gasteiger partial charge in [-0.1, -0.05) is 24.3 Å². The topological polar surface area (TPSA) is 68.3 Å². The van der Waals surface area contributed by atoms with E-state index in [9.17, 15) is 9.59 Å². The zero-order valence-corrected chi connectivity index (χ0v) is 16.9. The zero-order valence-electron chi connectivity index (χ0n) is 16.9. The van der Waals surface area contributed by atoms with Crippen molar-refractivity contribution >= 4 is 22.8 Å². The number of ether oxygens (including phenoxy) is 1. The number of hydrogen-bond donors (Lipinski definition) is 1. The van der Waals surface area contributed by atoms with Gasteiger partial charge in [-0.3, -0.25) is 9.78 Å². The van der Waals surface area contributed by atoms with Gasteiger partial charge in [0, 0.05) is 22.9 Å². The molecule has 4 aliphatic carbocycles. The molecule has 1 aromatic carbocycles. The van der Waals surface area contributed by atoms with Gasteiger partial charge in [-0.25, -0.2) is 4.79 Å². The van der Waals surface area contributed by atoms with Gasteiger partial charge in [0.15, 0.2) is 0 Å². The standard InChI is InChI=1S/C24H28N2O3/c1-29-22(27)21(11-19-7-6-18-4-2-3-5-20(18)25-19)26-23(28)24-12-15-8-16(13-24)10-17(9-15)14-24/h2-7,15-17,21H,8-14H2,1H3,(H,26,28)/t15?,16?,17?,21-,24?/m0/s1. The van der Waals surface area contributed by atoms with E-state index < -0.39 is 12.0 Å². The van der Waals surface area contributed by atoms with Crippen LogP contribution in [0.5, 0.6) is 0 Å². The molecule has 2 aromatic rings. The summed E-state index contributed by atoms with van der Waals surface area (Å²) in [4.78, 5) is 30.5. The average Bonchev–Trinajstić information content (AvgIpc) is 2.71. The maximum absolute atomic E-state index is 13.4. The maximum atomic E-state index is 13.4. The number of aromatic nitrogens is 1. The highest BCUT2D eigenvalue weighted by Gasteiger charge is 2.55. The van der Waals surface area contributed by atoms with Crippen LogP contribution in [0.3, 0.4) is 0 Å². The number of para-hydroxylation sites is 1. The fourth-order valence-electron chi connectivity index (χ4n) is 6.47. The van der Waals surface area contributed by atoms with Crippen molar-refractivity contribution in [3.63, 3.8) is 0 Å². The van der Waals surface area contributed by atoms with Crippen molar-refractivity contribution in [2.24, 2.45) is 23.2 Å². The number of nitrogens with zero attached hydrogens (tertiary/aromatic N) is 1. The summed E-state index contributed by atoms with van der Waals surface area (Å²) in [7, 11) is 1.38. The Morgan fingerprint density at radius 2 is 1.72 bits per heavy atom. The van der Waals surface area contributed by atoms with Crippen LogP contribution in [-0.4, -0.2) is 30.0 Å². The summed E-state index contributed by atoms with van der Waals surface area (Å²) in [6.45, 7) is 0. The third kappa shape index (κ3) is 3.41. The molecule has 6 rings (SSSR count). The second kappa shape index (κ2) is 7.12. The lowest BCUT2D eigenvalue weighted by Crippen LogP contribution is -2.56. The van der Waals surface area contributed by atoms with Gasteiger partial charge in [0.25, 0.3) is 0 Å². The molecule has 1 N–H and O–H groups in total. The molecule has 1 atom stereocenters. The van der Waals surface area contributed by atoms with Crippen LogP contribution in [-0.2, 0) is 20.7 Å². The molecular weight excluding hydrogens is 364 g/mol. The quantitative estimate of drug-likeness (QED) is 0.789. The Morgan fingerprint density at radius 1 is 1.07 bits per heavy atom. The number of hydrogen-bond acceptors (Lipinski definition) is 4. The van der Waals surface area contributed by atoms with E-state index in [0.29, 0.717) is 24.2 Å². The number of amides is 1. The highest BCUT2D eigenvalue weighted by Crippen LogP contribution is 2.60. The molecule has 4 aliphatic rings. The number of methoxy groups -OCH3 is 1. The molecule has 0 aliphatic heterocycles. The fraction of sp³-hybridized carbons (Fsp3) is 0.542. The largest absolute Gasteiger partial charge is 0.467 e. The predicted octanol–water partition coefficient (Wildman–Crippen LogP) is 3.65. The lowest BCUT2D eigenvalue weighted by molar-refractivity contribution is -0.152. The SMILES string of the molecule is COC(=O)[C@H](Cc1ccc2ccccc2n1)NC(=O)C12CC3CC(CC(C3)C1)C2. The number of carbonyl (C=O) groups is 2. The lowest BCUT2D eigenvalue weighted by atomic mass is 9.49. The minimum absolute atomic E-state index is 0.0489. The van der Waals surface area contributed by atoms with Crippen molar-refractivity contribution in [2.45, 2.75) is 51.0 Å². The third-order valence-corrected chi connectivity index (χ3v) is 7.38. The first-order chi connectivity index (χ1) is 14.0. The first-order valence-electron chi connectivity index (χ1n) is 10.8.